The molecule has 1 aromatic heterocycles. The van der Waals surface area contributed by atoms with E-state index in [9.17, 15) is 4.79 Å². The Morgan fingerprint density at radius 1 is 1.61 bits per heavy atom. The lowest BCUT2D eigenvalue weighted by Gasteiger charge is -2.35. The highest BCUT2D eigenvalue weighted by Gasteiger charge is 2.25. The summed E-state index contributed by atoms with van der Waals surface area (Å²) in [7, 11) is 0. The molecule has 2 rings (SSSR count). The number of pyridine rings is 1. The van der Waals surface area contributed by atoms with Crippen molar-refractivity contribution in [1.29, 1.82) is 0 Å². The van der Waals surface area contributed by atoms with Gasteiger partial charge in [-0.2, -0.15) is 0 Å². The van der Waals surface area contributed by atoms with E-state index in [-0.39, 0.29) is 11.9 Å². The van der Waals surface area contributed by atoms with Gasteiger partial charge in [0.25, 0.3) is 0 Å². The maximum absolute atomic E-state index is 12.2. The molecule has 0 aliphatic carbocycles. The second-order valence-electron chi connectivity index (χ2n) is 4.48. The lowest BCUT2D eigenvalue weighted by atomic mass is 10.1. The van der Waals surface area contributed by atoms with Gasteiger partial charge in [0.05, 0.1) is 37.6 Å². The Kier molecular flexibility index (Phi) is 4.15. The summed E-state index contributed by atoms with van der Waals surface area (Å²) < 4.78 is 5.39. The van der Waals surface area contributed by atoms with Gasteiger partial charge in [-0.3, -0.25) is 9.78 Å². The van der Waals surface area contributed by atoms with E-state index in [1.54, 1.807) is 18.3 Å². The molecule has 1 fully saturated rings. The average molecular weight is 249 g/mol. The van der Waals surface area contributed by atoms with Gasteiger partial charge in [-0.25, -0.2) is 0 Å². The second kappa shape index (κ2) is 5.82. The fourth-order valence-electron chi connectivity index (χ4n) is 2.12. The molecule has 0 bridgehead atoms. The van der Waals surface area contributed by atoms with Crippen LogP contribution in [0.15, 0.2) is 18.3 Å². The van der Waals surface area contributed by atoms with Crippen LogP contribution in [0.4, 0.5) is 5.69 Å². The fraction of sp³-hybridized carbons (Fsp3) is 0.538. The van der Waals surface area contributed by atoms with Gasteiger partial charge >= 0.3 is 0 Å². The number of hydrogen-bond donors (Lipinski definition) is 1. The number of amides is 1. The van der Waals surface area contributed by atoms with Crippen LogP contribution in [0.25, 0.3) is 0 Å². The molecule has 1 saturated heterocycles. The van der Waals surface area contributed by atoms with Crippen molar-refractivity contribution in [2.75, 3.05) is 25.5 Å². The van der Waals surface area contributed by atoms with Crippen molar-refractivity contribution in [3.8, 4) is 0 Å². The maximum Gasteiger partial charge on any atom is 0.228 e. The molecule has 5 heteroatoms. The van der Waals surface area contributed by atoms with Gasteiger partial charge in [0.15, 0.2) is 0 Å². The van der Waals surface area contributed by atoms with Crippen molar-refractivity contribution < 1.29 is 9.53 Å². The molecule has 2 heterocycles. The molecule has 0 aromatic carbocycles. The molecule has 1 atom stereocenters. The molecule has 0 radical (unpaired) electrons. The molecule has 1 aromatic rings. The molecule has 2 N–H and O–H groups in total. The molecule has 1 aliphatic heterocycles. The minimum Gasteiger partial charge on any atom is -0.397 e. The summed E-state index contributed by atoms with van der Waals surface area (Å²) in [6.07, 6.45) is 2.83. The Morgan fingerprint density at radius 3 is 3.11 bits per heavy atom. The molecule has 1 amide bonds. The van der Waals surface area contributed by atoms with Crippen LogP contribution in [-0.2, 0) is 16.0 Å². The van der Waals surface area contributed by atoms with E-state index in [0.717, 1.165) is 12.1 Å². The summed E-state index contributed by atoms with van der Waals surface area (Å²) in [4.78, 5) is 18.3. The maximum atomic E-state index is 12.2. The predicted octanol–water partition coefficient (Wildman–Crippen LogP) is 0.844. The number of morpholine rings is 1. The Hall–Kier alpha value is -1.62. The van der Waals surface area contributed by atoms with Crippen molar-refractivity contribution in [2.24, 2.45) is 0 Å². The SMILES string of the molecule is CCC1COCCN1C(=O)Cc1ccc(N)cn1. The molecule has 1 unspecified atom stereocenters. The number of nitrogen functional groups attached to an aromatic ring is 1. The van der Waals surface area contributed by atoms with Crippen molar-refractivity contribution in [3.05, 3.63) is 24.0 Å². The first kappa shape index (κ1) is 12.8. The van der Waals surface area contributed by atoms with Gasteiger partial charge < -0.3 is 15.4 Å². The van der Waals surface area contributed by atoms with Crippen LogP contribution >= 0.6 is 0 Å². The number of carbonyl (C=O) groups is 1. The lowest BCUT2D eigenvalue weighted by Crippen LogP contribution is -2.49. The summed E-state index contributed by atoms with van der Waals surface area (Å²) in [6.45, 7) is 4.00. The summed E-state index contributed by atoms with van der Waals surface area (Å²) in [5.74, 6) is 0.113. The topological polar surface area (TPSA) is 68.5 Å². The number of nitrogens with zero attached hydrogens (tertiary/aromatic N) is 2. The van der Waals surface area contributed by atoms with Crippen molar-refractivity contribution in [3.63, 3.8) is 0 Å². The molecule has 0 saturated carbocycles. The number of carbonyl (C=O) groups excluding carboxylic acids is 1. The smallest absolute Gasteiger partial charge is 0.228 e. The highest BCUT2D eigenvalue weighted by atomic mass is 16.5. The molecular weight excluding hydrogens is 230 g/mol. The van der Waals surface area contributed by atoms with Crippen LogP contribution < -0.4 is 5.73 Å². The number of nitrogens with two attached hydrogens (primary N) is 1. The average Bonchev–Trinajstić information content (AvgIpc) is 2.41. The van der Waals surface area contributed by atoms with Crippen LogP contribution in [0.2, 0.25) is 0 Å². The third-order valence-electron chi connectivity index (χ3n) is 3.20. The van der Waals surface area contributed by atoms with Gasteiger partial charge in [-0.05, 0) is 18.6 Å². The largest absolute Gasteiger partial charge is 0.397 e. The van der Waals surface area contributed by atoms with Crippen LogP contribution in [0, 0.1) is 0 Å². The Morgan fingerprint density at radius 2 is 2.44 bits per heavy atom. The van der Waals surface area contributed by atoms with Gasteiger partial charge in [0, 0.05) is 12.2 Å². The Balaban J connectivity index is 2.00. The van der Waals surface area contributed by atoms with Crippen LogP contribution in [-0.4, -0.2) is 41.6 Å². The number of ether oxygens (including phenoxy) is 1. The zero-order valence-corrected chi connectivity index (χ0v) is 10.6. The van der Waals surface area contributed by atoms with E-state index in [1.165, 1.54) is 0 Å². The van der Waals surface area contributed by atoms with Crippen molar-refractivity contribution >= 4 is 11.6 Å². The molecule has 18 heavy (non-hydrogen) atoms. The fourth-order valence-corrected chi connectivity index (χ4v) is 2.12. The summed E-state index contributed by atoms with van der Waals surface area (Å²) in [6, 6.07) is 3.76. The number of hydrogen-bond acceptors (Lipinski definition) is 4. The Labute approximate surface area is 107 Å². The molecule has 98 valence electrons. The molecule has 0 spiro atoms. The van der Waals surface area contributed by atoms with E-state index >= 15 is 0 Å². The Bertz CT molecular complexity index is 405. The zero-order valence-electron chi connectivity index (χ0n) is 10.6. The third-order valence-corrected chi connectivity index (χ3v) is 3.20. The van der Waals surface area contributed by atoms with Gasteiger partial charge in [0.1, 0.15) is 0 Å². The van der Waals surface area contributed by atoms with Gasteiger partial charge in [-0.1, -0.05) is 6.92 Å². The summed E-state index contributed by atoms with van der Waals surface area (Å²) in [5.41, 5.74) is 6.94. The summed E-state index contributed by atoms with van der Waals surface area (Å²) in [5, 5.41) is 0. The van der Waals surface area contributed by atoms with Gasteiger partial charge in [0.2, 0.25) is 5.91 Å². The number of rotatable bonds is 3. The molecule has 1 aliphatic rings. The molecular formula is C13H19N3O2. The second-order valence-corrected chi connectivity index (χ2v) is 4.48. The first-order valence-electron chi connectivity index (χ1n) is 6.28. The van der Waals surface area contributed by atoms with Crippen molar-refractivity contribution in [1.82, 2.24) is 9.88 Å². The van der Waals surface area contributed by atoms with Crippen molar-refractivity contribution in [2.45, 2.75) is 25.8 Å². The first-order chi connectivity index (χ1) is 8.70. The zero-order chi connectivity index (χ0) is 13.0. The van der Waals surface area contributed by atoms with E-state index in [4.69, 9.17) is 10.5 Å². The first-order valence-corrected chi connectivity index (χ1v) is 6.28. The quantitative estimate of drug-likeness (QED) is 0.862. The van der Waals surface area contributed by atoms with Crippen LogP contribution in [0.3, 0.4) is 0 Å². The highest BCUT2D eigenvalue weighted by molar-refractivity contribution is 5.78. The summed E-state index contributed by atoms with van der Waals surface area (Å²) >= 11 is 0. The number of aromatic nitrogens is 1. The van der Waals surface area contributed by atoms with E-state index < -0.39 is 0 Å². The minimum atomic E-state index is 0.113. The lowest BCUT2D eigenvalue weighted by molar-refractivity contribution is -0.139. The van der Waals surface area contributed by atoms with Crippen LogP contribution in [0.5, 0.6) is 0 Å². The highest BCUT2D eigenvalue weighted by Crippen LogP contribution is 2.12. The van der Waals surface area contributed by atoms with E-state index in [2.05, 4.69) is 11.9 Å². The van der Waals surface area contributed by atoms with Crippen LogP contribution in [0.1, 0.15) is 19.0 Å². The standard InChI is InChI=1S/C13H19N3O2/c1-2-12-9-18-6-5-16(12)13(17)7-11-4-3-10(14)8-15-11/h3-4,8,12H,2,5-7,9,14H2,1H3. The van der Waals surface area contributed by atoms with Gasteiger partial charge in [-0.15, -0.1) is 0 Å². The van der Waals surface area contributed by atoms with E-state index in [0.29, 0.717) is 31.9 Å². The number of anilines is 1. The monoisotopic (exact) mass is 249 g/mol. The predicted molar refractivity (Wildman–Crippen MR) is 69.0 cm³/mol. The molecule has 5 nitrogen and oxygen atoms in total. The third kappa shape index (κ3) is 2.98. The minimum absolute atomic E-state index is 0.113. The van der Waals surface area contributed by atoms with E-state index in [1.807, 2.05) is 4.90 Å². The normalized spacial score (nSPS) is 19.8.